The second-order valence-electron chi connectivity index (χ2n) is 3.88. The first-order valence-corrected chi connectivity index (χ1v) is 5.63. The Bertz CT molecular complexity index is 364. The first-order valence-electron chi connectivity index (χ1n) is 4.84. The van der Waals surface area contributed by atoms with Crippen molar-refractivity contribution in [2.45, 2.75) is 20.3 Å². The molecule has 3 nitrogen and oxygen atoms in total. The zero-order valence-corrected chi connectivity index (χ0v) is 10.5. The molecule has 0 heterocycles. The molecule has 0 saturated carbocycles. The average molecular weight is 271 g/mol. The summed E-state index contributed by atoms with van der Waals surface area (Å²) in [6.45, 7) is 4.01. The average Bonchev–Trinajstić information content (AvgIpc) is 2.08. The number of nitrogen functional groups attached to an aromatic ring is 1. The van der Waals surface area contributed by atoms with Gasteiger partial charge < -0.3 is 11.1 Å². The normalized spacial score (nSPS) is 10.4. The van der Waals surface area contributed by atoms with Gasteiger partial charge in [0.15, 0.2) is 0 Å². The molecule has 0 atom stereocenters. The Morgan fingerprint density at radius 2 is 2.20 bits per heavy atom. The standard InChI is InChI=1S/C11H15BrN2O/c1-7(2)5-11(15)14-10-4-3-8(12)6-9(10)13/h3-4,6-7H,5,13H2,1-2H3,(H,14,15). The molecule has 0 aliphatic carbocycles. The fourth-order valence-electron chi connectivity index (χ4n) is 1.22. The molecule has 0 saturated heterocycles. The number of nitrogens with two attached hydrogens (primary N) is 1. The number of anilines is 2. The van der Waals surface area contributed by atoms with Crippen LogP contribution in [0.25, 0.3) is 0 Å². The van der Waals surface area contributed by atoms with E-state index in [0.717, 1.165) is 4.47 Å². The lowest BCUT2D eigenvalue weighted by atomic mass is 10.1. The lowest BCUT2D eigenvalue weighted by Gasteiger charge is -2.09. The Labute approximate surface area is 98.2 Å². The molecule has 0 unspecified atom stereocenters. The van der Waals surface area contributed by atoms with Gasteiger partial charge in [-0.15, -0.1) is 0 Å². The predicted octanol–water partition coefficient (Wildman–Crippen LogP) is 3.02. The largest absolute Gasteiger partial charge is 0.397 e. The molecule has 1 rings (SSSR count). The number of nitrogens with one attached hydrogen (secondary N) is 1. The van der Waals surface area contributed by atoms with E-state index in [0.29, 0.717) is 23.7 Å². The minimum absolute atomic E-state index is 0.000905. The maximum absolute atomic E-state index is 11.5. The van der Waals surface area contributed by atoms with Crippen LogP contribution in [0, 0.1) is 5.92 Å². The van der Waals surface area contributed by atoms with Crippen LogP contribution in [0.2, 0.25) is 0 Å². The topological polar surface area (TPSA) is 55.1 Å². The molecule has 0 aliphatic rings. The lowest BCUT2D eigenvalue weighted by Crippen LogP contribution is -2.14. The SMILES string of the molecule is CC(C)CC(=O)Nc1ccc(Br)cc1N. The summed E-state index contributed by atoms with van der Waals surface area (Å²) in [6, 6.07) is 5.41. The Kier molecular flexibility index (Phi) is 4.15. The quantitative estimate of drug-likeness (QED) is 0.830. The number of benzene rings is 1. The van der Waals surface area contributed by atoms with Gasteiger partial charge >= 0.3 is 0 Å². The molecule has 15 heavy (non-hydrogen) atoms. The van der Waals surface area contributed by atoms with Crippen LogP contribution in [0.3, 0.4) is 0 Å². The van der Waals surface area contributed by atoms with Crippen molar-refractivity contribution in [2.75, 3.05) is 11.1 Å². The highest BCUT2D eigenvalue weighted by molar-refractivity contribution is 9.10. The predicted molar refractivity (Wildman–Crippen MR) is 66.6 cm³/mol. The van der Waals surface area contributed by atoms with Gasteiger partial charge in [-0.2, -0.15) is 0 Å². The third-order valence-electron chi connectivity index (χ3n) is 1.88. The van der Waals surface area contributed by atoms with Crippen LogP contribution >= 0.6 is 15.9 Å². The minimum atomic E-state index is -0.000905. The van der Waals surface area contributed by atoms with Crippen LogP contribution in [-0.4, -0.2) is 5.91 Å². The molecule has 1 amide bonds. The Hall–Kier alpha value is -1.03. The fourth-order valence-corrected chi connectivity index (χ4v) is 1.60. The van der Waals surface area contributed by atoms with Gasteiger partial charge in [0, 0.05) is 10.9 Å². The molecule has 1 aromatic rings. The minimum Gasteiger partial charge on any atom is -0.397 e. The molecule has 0 aliphatic heterocycles. The van der Waals surface area contributed by atoms with Crippen LogP contribution in [0.15, 0.2) is 22.7 Å². The highest BCUT2D eigenvalue weighted by Gasteiger charge is 2.07. The summed E-state index contributed by atoms with van der Waals surface area (Å²) in [6.07, 6.45) is 0.509. The summed E-state index contributed by atoms with van der Waals surface area (Å²) in [7, 11) is 0. The number of halogens is 1. The third-order valence-corrected chi connectivity index (χ3v) is 2.37. The number of amides is 1. The second kappa shape index (κ2) is 5.16. The summed E-state index contributed by atoms with van der Waals surface area (Å²) < 4.78 is 0.904. The Balaban J connectivity index is 2.68. The van der Waals surface area contributed by atoms with Crippen LogP contribution in [0.5, 0.6) is 0 Å². The summed E-state index contributed by atoms with van der Waals surface area (Å²) >= 11 is 3.31. The van der Waals surface area contributed by atoms with E-state index in [9.17, 15) is 4.79 Å². The van der Waals surface area contributed by atoms with E-state index in [1.54, 1.807) is 12.1 Å². The van der Waals surface area contributed by atoms with E-state index in [-0.39, 0.29) is 5.91 Å². The summed E-state index contributed by atoms with van der Waals surface area (Å²) in [5.41, 5.74) is 7.00. The number of hydrogen-bond acceptors (Lipinski definition) is 2. The Morgan fingerprint density at radius 1 is 1.53 bits per heavy atom. The van der Waals surface area contributed by atoms with Crippen LogP contribution in [-0.2, 0) is 4.79 Å². The van der Waals surface area contributed by atoms with Crippen molar-refractivity contribution in [3.63, 3.8) is 0 Å². The van der Waals surface area contributed by atoms with Crippen LogP contribution in [0.1, 0.15) is 20.3 Å². The smallest absolute Gasteiger partial charge is 0.224 e. The molecule has 0 radical (unpaired) electrons. The molecule has 3 N–H and O–H groups in total. The van der Waals surface area contributed by atoms with Gasteiger partial charge in [0.2, 0.25) is 5.91 Å². The molecular formula is C11H15BrN2O. The summed E-state index contributed by atoms with van der Waals surface area (Å²) in [4.78, 5) is 11.5. The van der Waals surface area contributed by atoms with Crippen molar-refractivity contribution in [1.29, 1.82) is 0 Å². The van der Waals surface area contributed by atoms with Crippen molar-refractivity contribution in [1.82, 2.24) is 0 Å². The van der Waals surface area contributed by atoms with Gasteiger partial charge in [0.25, 0.3) is 0 Å². The first kappa shape index (κ1) is 12.0. The van der Waals surface area contributed by atoms with E-state index < -0.39 is 0 Å². The molecule has 4 heteroatoms. The molecule has 0 fully saturated rings. The van der Waals surface area contributed by atoms with Crippen LogP contribution < -0.4 is 11.1 Å². The third kappa shape index (κ3) is 3.91. The molecule has 0 spiro atoms. The number of carbonyl (C=O) groups excluding carboxylic acids is 1. The summed E-state index contributed by atoms with van der Waals surface area (Å²) in [5, 5.41) is 2.78. The van der Waals surface area contributed by atoms with E-state index in [1.807, 2.05) is 19.9 Å². The van der Waals surface area contributed by atoms with E-state index in [2.05, 4.69) is 21.2 Å². The maximum Gasteiger partial charge on any atom is 0.224 e. The van der Waals surface area contributed by atoms with Gasteiger partial charge in [-0.25, -0.2) is 0 Å². The monoisotopic (exact) mass is 270 g/mol. The van der Waals surface area contributed by atoms with Gasteiger partial charge in [-0.05, 0) is 24.1 Å². The molecule has 82 valence electrons. The van der Waals surface area contributed by atoms with Crippen molar-refractivity contribution in [3.05, 3.63) is 22.7 Å². The zero-order chi connectivity index (χ0) is 11.4. The van der Waals surface area contributed by atoms with Crippen molar-refractivity contribution < 1.29 is 4.79 Å². The van der Waals surface area contributed by atoms with E-state index in [1.165, 1.54) is 0 Å². The first-order chi connectivity index (χ1) is 6.99. The number of rotatable bonds is 3. The van der Waals surface area contributed by atoms with E-state index in [4.69, 9.17) is 5.73 Å². The van der Waals surface area contributed by atoms with Crippen LogP contribution in [0.4, 0.5) is 11.4 Å². The van der Waals surface area contributed by atoms with Gasteiger partial charge in [0.05, 0.1) is 11.4 Å². The van der Waals surface area contributed by atoms with Crippen molar-refractivity contribution in [3.8, 4) is 0 Å². The molecule has 0 aromatic heterocycles. The van der Waals surface area contributed by atoms with Gasteiger partial charge in [0.1, 0.15) is 0 Å². The number of hydrogen-bond donors (Lipinski definition) is 2. The zero-order valence-electron chi connectivity index (χ0n) is 8.88. The number of carbonyl (C=O) groups is 1. The van der Waals surface area contributed by atoms with E-state index >= 15 is 0 Å². The second-order valence-corrected chi connectivity index (χ2v) is 4.79. The van der Waals surface area contributed by atoms with Crippen molar-refractivity contribution >= 4 is 33.2 Å². The highest BCUT2D eigenvalue weighted by Crippen LogP contribution is 2.23. The highest BCUT2D eigenvalue weighted by atomic mass is 79.9. The lowest BCUT2D eigenvalue weighted by molar-refractivity contribution is -0.116. The van der Waals surface area contributed by atoms with Gasteiger partial charge in [-0.3, -0.25) is 4.79 Å². The molecular weight excluding hydrogens is 256 g/mol. The van der Waals surface area contributed by atoms with Crippen molar-refractivity contribution in [2.24, 2.45) is 5.92 Å². The fraction of sp³-hybridized carbons (Fsp3) is 0.364. The molecule has 1 aromatic carbocycles. The Morgan fingerprint density at radius 3 is 2.73 bits per heavy atom. The van der Waals surface area contributed by atoms with Gasteiger partial charge in [-0.1, -0.05) is 29.8 Å². The maximum atomic E-state index is 11.5. The molecule has 0 bridgehead atoms. The summed E-state index contributed by atoms with van der Waals surface area (Å²) in [5.74, 6) is 0.348.